The van der Waals surface area contributed by atoms with Gasteiger partial charge in [-0.3, -0.25) is 9.59 Å². The van der Waals surface area contributed by atoms with Gasteiger partial charge in [-0.25, -0.2) is 22.0 Å². The van der Waals surface area contributed by atoms with E-state index in [2.05, 4.69) is 0 Å². The number of Topliss-reactive ketones (excluding diaryl/α,β-unsaturated/α-hetero) is 1. The van der Waals surface area contributed by atoms with Crippen LogP contribution < -0.4 is 0 Å². The molecule has 1 aliphatic heterocycles. The van der Waals surface area contributed by atoms with E-state index in [0.29, 0.717) is 6.07 Å². The Bertz CT molecular complexity index is 1410. The zero-order chi connectivity index (χ0) is 23.2. The van der Waals surface area contributed by atoms with Gasteiger partial charge in [0.1, 0.15) is 0 Å². The van der Waals surface area contributed by atoms with Crippen molar-refractivity contribution < 1.29 is 36.3 Å². The summed E-state index contributed by atoms with van der Waals surface area (Å²) < 4.78 is 57.5. The highest BCUT2D eigenvalue weighted by Crippen LogP contribution is 2.34. The van der Waals surface area contributed by atoms with Crippen molar-refractivity contribution in [2.24, 2.45) is 0 Å². The first-order valence-corrected chi connectivity index (χ1v) is 10.8. The van der Waals surface area contributed by atoms with Crippen molar-refractivity contribution in [1.82, 2.24) is 0 Å². The Kier molecular flexibility index (Phi) is 5.21. The number of ketones is 2. The number of ether oxygens (including phenoxy) is 1. The van der Waals surface area contributed by atoms with Gasteiger partial charge in [0.15, 0.2) is 23.5 Å². The highest BCUT2D eigenvalue weighted by atomic mass is 32.2. The largest absolute Gasteiger partial charge is 0.451 e. The number of halogens is 2. The minimum Gasteiger partial charge on any atom is -0.451 e. The van der Waals surface area contributed by atoms with Crippen molar-refractivity contribution in [1.29, 1.82) is 0 Å². The lowest BCUT2D eigenvalue weighted by atomic mass is 10.0. The second kappa shape index (κ2) is 7.76. The van der Waals surface area contributed by atoms with E-state index in [1.807, 2.05) is 0 Å². The molecule has 1 atom stereocenters. The van der Waals surface area contributed by atoms with E-state index in [9.17, 15) is 31.6 Å². The van der Waals surface area contributed by atoms with Crippen LogP contribution in [-0.2, 0) is 14.6 Å². The van der Waals surface area contributed by atoms with E-state index < -0.39 is 45.1 Å². The number of esters is 1. The summed E-state index contributed by atoms with van der Waals surface area (Å²) >= 11 is 0. The summed E-state index contributed by atoms with van der Waals surface area (Å²) in [5.41, 5.74) is -0.420. The van der Waals surface area contributed by atoms with Gasteiger partial charge < -0.3 is 4.74 Å². The molecule has 0 unspecified atom stereocenters. The Labute approximate surface area is 181 Å². The Morgan fingerprint density at radius 1 is 0.844 bits per heavy atom. The monoisotopic (exact) mass is 456 g/mol. The van der Waals surface area contributed by atoms with Crippen LogP contribution in [-0.4, -0.2) is 32.1 Å². The number of sulfone groups is 1. The third-order valence-corrected chi connectivity index (χ3v) is 6.88. The Morgan fingerprint density at radius 2 is 1.50 bits per heavy atom. The normalized spacial score (nSPS) is 14.8. The van der Waals surface area contributed by atoms with Crippen molar-refractivity contribution in [3.63, 3.8) is 0 Å². The number of hydrogen-bond donors (Lipinski definition) is 0. The fourth-order valence-electron chi connectivity index (χ4n) is 3.38. The maximum atomic E-state index is 13.4. The fourth-order valence-corrected chi connectivity index (χ4v) is 5.05. The van der Waals surface area contributed by atoms with Crippen LogP contribution in [0.2, 0.25) is 0 Å². The molecule has 3 aromatic rings. The first-order chi connectivity index (χ1) is 15.1. The number of carbonyl (C=O) groups excluding carboxylic acids is 3. The van der Waals surface area contributed by atoms with E-state index in [-0.39, 0.29) is 32.0 Å². The van der Waals surface area contributed by atoms with Gasteiger partial charge in [-0.05, 0) is 55.5 Å². The van der Waals surface area contributed by atoms with E-state index >= 15 is 0 Å². The third kappa shape index (κ3) is 3.50. The molecule has 0 spiro atoms. The minimum atomic E-state index is -4.06. The molecule has 0 bridgehead atoms. The summed E-state index contributed by atoms with van der Waals surface area (Å²) in [5.74, 6) is -4.63. The van der Waals surface area contributed by atoms with Crippen molar-refractivity contribution in [2.75, 3.05) is 0 Å². The lowest BCUT2D eigenvalue weighted by Crippen LogP contribution is -2.25. The van der Waals surface area contributed by atoms with Gasteiger partial charge in [-0.2, -0.15) is 0 Å². The second-order valence-electron chi connectivity index (χ2n) is 7.08. The van der Waals surface area contributed by atoms with E-state index in [4.69, 9.17) is 4.74 Å². The molecule has 4 rings (SSSR count). The zero-order valence-corrected chi connectivity index (χ0v) is 17.3. The van der Waals surface area contributed by atoms with Crippen molar-refractivity contribution in [3.05, 3.63) is 94.6 Å². The minimum absolute atomic E-state index is 0.0427. The molecule has 0 N–H and O–H groups in total. The molecule has 0 radical (unpaired) electrons. The predicted octanol–water partition coefficient (Wildman–Crippen LogP) is 3.77. The van der Waals surface area contributed by atoms with Crippen molar-refractivity contribution in [3.8, 4) is 0 Å². The average molecular weight is 456 g/mol. The molecular formula is C23H14F2O6S. The van der Waals surface area contributed by atoms with Crippen LogP contribution in [0.1, 0.15) is 43.6 Å². The van der Waals surface area contributed by atoms with Crippen LogP contribution in [0, 0.1) is 11.6 Å². The molecule has 1 aliphatic rings. The number of benzene rings is 3. The standard InChI is InChI=1S/C23H14F2O6S/c1-12(21(26)13-7-9-17(24)18(25)10-13)31-23(28)14-6-8-16-20(11-14)32(29,30)19-5-3-2-4-15(19)22(16)27/h2-12H,1H3/t12-/m1/s1. The molecular weight excluding hydrogens is 442 g/mol. The molecule has 32 heavy (non-hydrogen) atoms. The predicted molar refractivity (Wildman–Crippen MR) is 107 cm³/mol. The summed E-state index contributed by atoms with van der Waals surface area (Å²) in [6, 6.07) is 11.7. The fraction of sp³-hybridized carbons (Fsp3) is 0.0870. The van der Waals surface area contributed by atoms with Crippen LogP contribution >= 0.6 is 0 Å². The quantitative estimate of drug-likeness (QED) is 0.343. The summed E-state index contributed by atoms with van der Waals surface area (Å²) in [6.07, 6.45) is -1.36. The molecule has 0 fully saturated rings. The van der Waals surface area contributed by atoms with Crippen LogP contribution in [0.4, 0.5) is 8.78 Å². The summed E-state index contributed by atoms with van der Waals surface area (Å²) in [5, 5.41) is 0. The average Bonchev–Trinajstić information content (AvgIpc) is 2.78. The van der Waals surface area contributed by atoms with E-state index in [1.165, 1.54) is 37.3 Å². The molecule has 0 saturated heterocycles. The molecule has 0 saturated carbocycles. The highest BCUT2D eigenvalue weighted by molar-refractivity contribution is 7.91. The zero-order valence-electron chi connectivity index (χ0n) is 16.5. The molecule has 3 aromatic carbocycles. The van der Waals surface area contributed by atoms with Crippen molar-refractivity contribution >= 4 is 27.4 Å². The lowest BCUT2D eigenvalue weighted by Gasteiger charge is -2.19. The van der Waals surface area contributed by atoms with Gasteiger partial charge in [-0.1, -0.05) is 12.1 Å². The van der Waals surface area contributed by atoms with Gasteiger partial charge in [0.2, 0.25) is 15.6 Å². The number of fused-ring (bicyclic) bond motifs is 2. The number of carbonyl (C=O) groups is 3. The first-order valence-electron chi connectivity index (χ1n) is 9.34. The Balaban J connectivity index is 1.62. The topological polar surface area (TPSA) is 94.6 Å². The van der Waals surface area contributed by atoms with Gasteiger partial charge in [0, 0.05) is 16.7 Å². The van der Waals surface area contributed by atoms with Crippen LogP contribution in [0.15, 0.2) is 70.5 Å². The van der Waals surface area contributed by atoms with Gasteiger partial charge in [0.25, 0.3) is 0 Å². The molecule has 0 amide bonds. The maximum absolute atomic E-state index is 13.4. The smallest absolute Gasteiger partial charge is 0.338 e. The molecule has 9 heteroatoms. The first kappa shape index (κ1) is 21.5. The second-order valence-corrected chi connectivity index (χ2v) is 8.97. The van der Waals surface area contributed by atoms with Crippen LogP contribution in [0.3, 0.4) is 0 Å². The van der Waals surface area contributed by atoms with Gasteiger partial charge in [-0.15, -0.1) is 0 Å². The maximum Gasteiger partial charge on any atom is 0.338 e. The van der Waals surface area contributed by atoms with E-state index in [0.717, 1.165) is 18.2 Å². The molecule has 6 nitrogen and oxygen atoms in total. The molecule has 1 heterocycles. The summed E-state index contributed by atoms with van der Waals surface area (Å²) in [4.78, 5) is 37.1. The van der Waals surface area contributed by atoms with E-state index in [1.54, 1.807) is 6.07 Å². The summed E-state index contributed by atoms with van der Waals surface area (Å²) in [6.45, 7) is 1.25. The lowest BCUT2D eigenvalue weighted by molar-refractivity contribution is 0.0318. The number of rotatable bonds is 4. The molecule has 162 valence electrons. The SMILES string of the molecule is C[C@@H](OC(=O)c1ccc2c(c1)S(=O)(=O)c1ccccc1C2=O)C(=O)c1ccc(F)c(F)c1. The molecule has 0 aromatic heterocycles. The summed E-state index contributed by atoms with van der Waals surface area (Å²) in [7, 11) is -4.06. The van der Waals surface area contributed by atoms with Gasteiger partial charge in [0.05, 0.1) is 15.4 Å². The van der Waals surface area contributed by atoms with Gasteiger partial charge >= 0.3 is 5.97 Å². The number of hydrogen-bond acceptors (Lipinski definition) is 6. The van der Waals surface area contributed by atoms with Crippen molar-refractivity contribution in [2.45, 2.75) is 22.8 Å². The highest BCUT2D eigenvalue weighted by Gasteiger charge is 2.35. The third-order valence-electron chi connectivity index (χ3n) is 5.03. The van der Waals surface area contributed by atoms with Crippen LogP contribution in [0.5, 0.6) is 0 Å². The Hall–Kier alpha value is -3.72. The molecule has 0 aliphatic carbocycles. The Morgan fingerprint density at radius 3 is 2.22 bits per heavy atom. The van der Waals surface area contributed by atoms with Crippen LogP contribution in [0.25, 0.3) is 0 Å².